The zero-order chi connectivity index (χ0) is 15.6. The predicted octanol–water partition coefficient (Wildman–Crippen LogP) is 2.78. The van der Waals surface area contributed by atoms with Crippen molar-refractivity contribution in [3.63, 3.8) is 0 Å². The molecule has 0 aliphatic rings. The molecule has 1 amide bonds. The summed E-state index contributed by atoms with van der Waals surface area (Å²) >= 11 is 0. The summed E-state index contributed by atoms with van der Waals surface area (Å²) in [6.45, 7) is 1.88. The van der Waals surface area contributed by atoms with E-state index >= 15 is 0 Å². The third kappa shape index (κ3) is 3.42. The number of carbonyl (C=O) groups excluding carboxylic acids is 1. The maximum atomic E-state index is 12.2. The number of aryl methyl sites for hydroxylation is 1. The fraction of sp³-hybridized carbons (Fsp3) is 0.286. The van der Waals surface area contributed by atoms with E-state index in [1.54, 1.807) is 26.0 Å². The van der Waals surface area contributed by atoms with Crippen molar-refractivity contribution in [2.45, 2.75) is 20.0 Å². The zero-order valence-corrected chi connectivity index (χ0v) is 11.5. The summed E-state index contributed by atoms with van der Waals surface area (Å²) < 4.78 is 38.0. The van der Waals surface area contributed by atoms with Gasteiger partial charge in [-0.05, 0) is 26.0 Å². The lowest BCUT2D eigenvalue weighted by molar-refractivity contribution is -0.123. The Kier molecular flexibility index (Phi) is 4.02. The standard InChI is InChI=1S/C14H14F3N3O/c1-9-12(13(21)18-8-14(15,16)17)10(2)20(19-9)11-6-4-3-5-7-11/h3-7H,8H2,1-2H3,(H,18,21). The van der Waals surface area contributed by atoms with Gasteiger partial charge in [-0.3, -0.25) is 4.79 Å². The first-order valence-electron chi connectivity index (χ1n) is 6.26. The van der Waals surface area contributed by atoms with Gasteiger partial charge < -0.3 is 5.32 Å². The van der Waals surface area contributed by atoms with Crippen LogP contribution in [0.25, 0.3) is 5.69 Å². The number of benzene rings is 1. The smallest absolute Gasteiger partial charge is 0.343 e. The lowest BCUT2D eigenvalue weighted by atomic mass is 10.2. The number of hydrogen-bond donors (Lipinski definition) is 1. The van der Waals surface area contributed by atoms with Gasteiger partial charge in [0.1, 0.15) is 6.54 Å². The second kappa shape index (κ2) is 5.59. The SMILES string of the molecule is Cc1nn(-c2ccccc2)c(C)c1C(=O)NCC(F)(F)F. The van der Waals surface area contributed by atoms with Gasteiger partial charge in [0.2, 0.25) is 0 Å². The molecule has 112 valence electrons. The van der Waals surface area contributed by atoms with Crippen LogP contribution in [0.3, 0.4) is 0 Å². The van der Waals surface area contributed by atoms with Crippen LogP contribution in [-0.4, -0.2) is 28.4 Å². The van der Waals surface area contributed by atoms with Gasteiger partial charge in [-0.2, -0.15) is 18.3 Å². The molecule has 0 unspecified atom stereocenters. The lowest BCUT2D eigenvalue weighted by Crippen LogP contribution is -2.34. The Labute approximate surface area is 119 Å². The average Bonchev–Trinajstić information content (AvgIpc) is 2.72. The Balaban J connectivity index is 2.30. The van der Waals surface area contributed by atoms with Crippen molar-refractivity contribution in [2.75, 3.05) is 6.54 Å². The molecule has 1 aromatic heterocycles. The largest absolute Gasteiger partial charge is 0.405 e. The third-order valence-corrected chi connectivity index (χ3v) is 2.97. The molecule has 0 saturated carbocycles. The number of aromatic nitrogens is 2. The molecule has 2 aromatic rings. The van der Waals surface area contributed by atoms with Gasteiger partial charge in [-0.15, -0.1) is 0 Å². The van der Waals surface area contributed by atoms with Crippen molar-refractivity contribution < 1.29 is 18.0 Å². The van der Waals surface area contributed by atoms with Gasteiger partial charge >= 0.3 is 6.18 Å². The van der Waals surface area contributed by atoms with Crippen molar-refractivity contribution >= 4 is 5.91 Å². The highest BCUT2D eigenvalue weighted by molar-refractivity contribution is 5.96. The molecule has 0 aliphatic carbocycles. The number of nitrogens with zero attached hydrogens (tertiary/aromatic N) is 2. The fourth-order valence-electron chi connectivity index (χ4n) is 2.06. The van der Waals surface area contributed by atoms with Crippen LogP contribution in [0.15, 0.2) is 30.3 Å². The van der Waals surface area contributed by atoms with Gasteiger partial charge in [-0.1, -0.05) is 18.2 Å². The van der Waals surface area contributed by atoms with Crippen LogP contribution in [0.2, 0.25) is 0 Å². The number of amides is 1. The molecule has 0 radical (unpaired) electrons. The van der Waals surface area contributed by atoms with E-state index in [9.17, 15) is 18.0 Å². The lowest BCUT2D eigenvalue weighted by Gasteiger charge is -2.09. The molecule has 0 saturated heterocycles. The molecule has 1 aromatic carbocycles. The van der Waals surface area contributed by atoms with E-state index in [4.69, 9.17) is 0 Å². The summed E-state index contributed by atoms with van der Waals surface area (Å²) in [6, 6.07) is 9.07. The van der Waals surface area contributed by atoms with Gasteiger partial charge in [0.25, 0.3) is 5.91 Å². The fourth-order valence-corrected chi connectivity index (χ4v) is 2.06. The van der Waals surface area contributed by atoms with E-state index in [0.29, 0.717) is 11.4 Å². The van der Waals surface area contributed by atoms with E-state index in [0.717, 1.165) is 5.69 Å². The Hall–Kier alpha value is -2.31. The molecule has 1 N–H and O–H groups in total. The number of hydrogen-bond acceptors (Lipinski definition) is 2. The Morgan fingerprint density at radius 1 is 1.24 bits per heavy atom. The van der Waals surface area contributed by atoms with Crippen molar-refractivity contribution in [3.05, 3.63) is 47.3 Å². The summed E-state index contributed by atoms with van der Waals surface area (Å²) in [4.78, 5) is 11.9. The van der Waals surface area contributed by atoms with Crippen molar-refractivity contribution in [2.24, 2.45) is 0 Å². The number of alkyl halides is 3. The highest BCUT2D eigenvalue weighted by atomic mass is 19.4. The minimum atomic E-state index is -4.44. The minimum Gasteiger partial charge on any atom is -0.343 e. The Morgan fingerprint density at radius 2 is 1.86 bits per heavy atom. The second-order valence-electron chi connectivity index (χ2n) is 4.59. The van der Waals surface area contributed by atoms with Crippen molar-refractivity contribution in [1.29, 1.82) is 0 Å². The number of halogens is 3. The zero-order valence-electron chi connectivity index (χ0n) is 11.5. The number of rotatable bonds is 3. The molecule has 7 heteroatoms. The van der Waals surface area contributed by atoms with E-state index in [1.807, 2.05) is 23.5 Å². The summed E-state index contributed by atoms with van der Waals surface area (Å²) in [6.07, 6.45) is -4.44. The normalized spacial score (nSPS) is 11.5. The molecule has 21 heavy (non-hydrogen) atoms. The van der Waals surface area contributed by atoms with E-state index in [2.05, 4.69) is 5.10 Å². The molecule has 0 fully saturated rings. The van der Waals surface area contributed by atoms with Crippen LogP contribution >= 0.6 is 0 Å². The minimum absolute atomic E-state index is 0.170. The first-order chi connectivity index (χ1) is 9.79. The molecule has 0 aliphatic heterocycles. The summed E-state index contributed by atoms with van der Waals surface area (Å²) in [5.74, 6) is -0.774. The predicted molar refractivity (Wildman–Crippen MR) is 71.4 cm³/mol. The molecular weight excluding hydrogens is 283 g/mol. The first kappa shape index (κ1) is 15.1. The summed E-state index contributed by atoms with van der Waals surface area (Å²) in [7, 11) is 0. The monoisotopic (exact) mass is 297 g/mol. The molecule has 1 heterocycles. The van der Waals surface area contributed by atoms with Crippen LogP contribution in [0.5, 0.6) is 0 Å². The van der Waals surface area contributed by atoms with Crippen LogP contribution < -0.4 is 5.32 Å². The molecule has 2 rings (SSSR count). The van der Waals surface area contributed by atoms with E-state index < -0.39 is 18.6 Å². The highest BCUT2D eigenvalue weighted by Gasteiger charge is 2.29. The van der Waals surface area contributed by atoms with Crippen LogP contribution in [0.1, 0.15) is 21.7 Å². The number of carbonyl (C=O) groups is 1. The van der Waals surface area contributed by atoms with Gasteiger partial charge in [-0.25, -0.2) is 4.68 Å². The maximum absolute atomic E-state index is 12.2. The van der Waals surface area contributed by atoms with Crippen LogP contribution in [0, 0.1) is 13.8 Å². The molecule has 0 bridgehead atoms. The highest BCUT2D eigenvalue weighted by Crippen LogP contribution is 2.18. The first-order valence-corrected chi connectivity index (χ1v) is 6.26. The van der Waals surface area contributed by atoms with Crippen molar-refractivity contribution in [3.8, 4) is 5.69 Å². The van der Waals surface area contributed by atoms with Crippen LogP contribution in [-0.2, 0) is 0 Å². The summed E-state index contributed by atoms with van der Waals surface area (Å²) in [5, 5.41) is 6.09. The van der Waals surface area contributed by atoms with Crippen molar-refractivity contribution in [1.82, 2.24) is 15.1 Å². The molecule has 4 nitrogen and oxygen atoms in total. The quantitative estimate of drug-likeness (QED) is 0.947. The average molecular weight is 297 g/mol. The van der Waals surface area contributed by atoms with Gasteiger partial charge in [0, 0.05) is 0 Å². The van der Waals surface area contributed by atoms with Gasteiger partial charge in [0.15, 0.2) is 0 Å². The summed E-state index contributed by atoms with van der Waals surface area (Å²) in [5.41, 5.74) is 1.80. The molecule has 0 spiro atoms. The molecular formula is C14H14F3N3O. The number of nitrogens with one attached hydrogen (secondary N) is 1. The Morgan fingerprint density at radius 3 is 2.43 bits per heavy atom. The number of para-hydroxylation sites is 1. The molecule has 0 atom stereocenters. The third-order valence-electron chi connectivity index (χ3n) is 2.97. The Bertz CT molecular complexity index is 647. The maximum Gasteiger partial charge on any atom is 0.405 e. The van der Waals surface area contributed by atoms with E-state index in [-0.39, 0.29) is 5.56 Å². The second-order valence-corrected chi connectivity index (χ2v) is 4.59. The van der Waals surface area contributed by atoms with Gasteiger partial charge in [0.05, 0.1) is 22.6 Å². The van der Waals surface area contributed by atoms with Crippen LogP contribution in [0.4, 0.5) is 13.2 Å². The van der Waals surface area contributed by atoms with E-state index in [1.165, 1.54) is 4.68 Å². The topological polar surface area (TPSA) is 46.9 Å².